The highest BCUT2D eigenvalue weighted by molar-refractivity contribution is 5.92. The molecule has 0 spiro atoms. The van der Waals surface area contributed by atoms with E-state index in [0.29, 0.717) is 11.1 Å². The van der Waals surface area contributed by atoms with E-state index < -0.39 is 41.3 Å². The van der Waals surface area contributed by atoms with Crippen molar-refractivity contribution in [2.75, 3.05) is 0 Å². The van der Waals surface area contributed by atoms with E-state index >= 15 is 0 Å². The predicted octanol–water partition coefficient (Wildman–Crippen LogP) is 1.85. The van der Waals surface area contributed by atoms with Gasteiger partial charge in [-0.25, -0.2) is 28.5 Å². The van der Waals surface area contributed by atoms with Crippen LogP contribution in [0.1, 0.15) is 11.4 Å². The van der Waals surface area contributed by atoms with Gasteiger partial charge in [-0.15, -0.1) is 0 Å². The van der Waals surface area contributed by atoms with E-state index in [4.69, 9.17) is 15.3 Å². The number of aryl methyl sites for hydroxylation is 1. The molecule has 0 amide bonds. The highest BCUT2D eigenvalue weighted by Crippen LogP contribution is 2.30. The van der Waals surface area contributed by atoms with E-state index in [0.717, 1.165) is 28.8 Å². The quantitative estimate of drug-likeness (QED) is 0.337. The number of aliphatic hydroxyl groups is 3. The smallest absolute Gasteiger partial charge is 0.330 e. The fraction of sp³-hybridized carbons (Fsp3) is 0.136. The lowest BCUT2D eigenvalue weighted by atomic mass is 10.0. The number of benzene rings is 2. The number of para-hydroxylation sites is 1. The first-order valence-electron chi connectivity index (χ1n) is 9.61. The molecule has 170 valence electrons. The summed E-state index contributed by atoms with van der Waals surface area (Å²) in [7, 11) is 0. The van der Waals surface area contributed by atoms with Crippen molar-refractivity contribution >= 4 is 11.0 Å². The number of hydrogen-bond donors (Lipinski definition) is 4. The second-order valence-electron chi connectivity index (χ2n) is 7.25. The standard InChI is InChI=1S/C22H17F3N4O4/c1-11-9-12(23)5-6-13(11)19-14-7-8-18(30)29(20-15(24)3-2-4-16(20)25)21(14)28-17(27-19)10-26-22(31,32)33/h2-9,26,31-33H,10H2,1H3. The predicted molar refractivity (Wildman–Crippen MR) is 111 cm³/mol. The van der Waals surface area contributed by atoms with Gasteiger partial charge in [0.15, 0.2) is 5.65 Å². The molecule has 4 N–H and O–H groups in total. The molecular weight excluding hydrogens is 441 g/mol. The lowest BCUT2D eigenvalue weighted by Gasteiger charge is -2.18. The number of hydrogen-bond acceptors (Lipinski definition) is 7. The van der Waals surface area contributed by atoms with Gasteiger partial charge in [-0.05, 0) is 48.9 Å². The average molecular weight is 458 g/mol. The van der Waals surface area contributed by atoms with Gasteiger partial charge in [0.05, 0.1) is 12.2 Å². The summed E-state index contributed by atoms with van der Waals surface area (Å²) in [6, 6.07) is 9.47. The Hall–Kier alpha value is -3.64. The number of rotatable bonds is 5. The van der Waals surface area contributed by atoms with Gasteiger partial charge >= 0.3 is 6.10 Å². The number of pyridine rings is 1. The Morgan fingerprint density at radius 2 is 1.70 bits per heavy atom. The van der Waals surface area contributed by atoms with Gasteiger partial charge in [-0.2, -0.15) is 0 Å². The fourth-order valence-corrected chi connectivity index (χ4v) is 3.45. The van der Waals surface area contributed by atoms with Crippen LogP contribution in [-0.2, 0) is 6.54 Å². The molecule has 4 rings (SSSR count). The number of nitrogens with one attached hydrogen (secondary N) is 1. The third-order valence-electron chi connectivity index (χ3n) is 4.89. The molecule has 4 aromatic rings. The molecule has 33 heavy (non-hydrogen) atoms. The third-order valence-corrected chi connectivity index (χ3v) is 4.89. The largest absolute Gasteiger partial charge is 0.343 e. The molecule has 0 aliphatic heterocycles. The minimum Gasteiger partial charge on any atom is -0.330 e. The van der Waals surface area contributed by atoms with Crippen LogP contribution in [0.25, 0.3) is 28.0 Å². The van der Waals surface area contributed by atoms with E-state index in [1.165, 1.54) is 24.3 Å². The number of aromatic nitrogens is 3. The molecule has 8 nitrogen and oxygen atoms in total. The third kappa shape index (κ3) is 4.47. The van der Waals surface area contributed by atoms with Crippen molar-refractivity contribution in [1.82, 2.24) is 19.9 Å². The SMILES string of the molecule is Cc1cc(F)ccc1-c1nc(CNC(O)(O)O)nc2c1ccc(=O)n2-c1c(F)cccc1F. The molecule has 2 heterocycles. The second-order valence-corrected chi connectivity index (χ2v) is 7.25. The summed E-state index contributed by atoms with van der Waals surface area (Å²) in [6.07, 6.45) is -3.25. The van der Waals surface area contributed by atoms with Crippen LogP contribution in [0.4, 0.5) is 13.2 Å². The van der Waals surface area contributed by atoms with E-state index in [9.17, 15) is 18.0 Å². The molecule has 0 atom stereocenters. The molecular formula is C22H17F3N4O4. The summed E-state index contributed by atoms with van der Waals surface area (Å²) >= 11 is 0. The first kappa shape index (κ1) is 22.6. The van der Waals surface area contributed by atoms with Crippen LogP contribution >= 0.6 is 0 Å². The molecule has 0 bridgehead atoms. The van der Waals surface area contributed by atoms with Crippen molar-refractivity contribution < 1.29 is 28.5 Å². The van der Waals surface area contributed by atoms with E-state index in [2.05, 4.69) is 9.97 Å². The number of fused-ring (bicyclic) bond motifs is 1. The Morgan fingerprint density at radius 3 is 2.33 bits per heavy atom. The Balaban J connectivity index is 2.08. The maximum Gasteiger partial charge on any atom is 0.343 e. The van der Waals surface area contributed by atoms with Crippen LogP contribution < -0.4 is 10.9 Å². The lowest BCUT2D eigenvalue weighted by molar-refractivity contribution is -0.332. The number of nitrogens with zero attached hydrogens (tertiary/aromatic N) is 3. The van der Waals surface area contributed by atoms with Crippen LogP contribution in [0.2, 0.25) is 0 Å². The number of halogens is 3. The van der Waals surface area contributed by atoms with Crippen molar-refractivity contribution in [3.8, 4) is 16.9 Å². The van der Waals surface area contributed by atoms with E-state index in [1.807, 2.05) is 5.32 Å². The normalized spacial score (nSPS) is 11.8. The molecule has 2 aromatic heterocycles. The Bertz CT molecular complexity index is 1410. The second kappa shape index (κ2) is 8.37. The molecule has 0 saturated carbocycles. The summed E-state index contributed by atoms with van der Waals surface area (Å²) in [5, 5.41) is 29.6. The highest BCUT2D eigenvalue weighted by atomic mass is 19.1. The van der Waals surface area contributed by atoms with Crippen molar-refractivity contribution in [2.24, 2.45) is 0 Å². The molecule has 11 heteroatoms. The molecule has 0 aliphatic rings. The van der Waals surface area contributed by atoms with Gasteiger partial charge in [-0.1, -0.05) is 6.07 Å². The molecule has 0 radical (unpaired) electrons. The first-order valence-corrected chi connectivity index (χ1v) is 9.61. The summed E-state index contributed by atoms with van der Waals surface area (Å²) in [5.41, 5.74) is -0.521. The topological polar surface area (TPSA) is 121 Å². The van der Waals surface area contributed by atoms with Gasteiger partial charge in [0.1, 0.15) is 29.0 Å². The zero-order chi connectivity index (χ0) is 23.9. The van der Waals surface area contributed by atoms with Gasteiger partial charge in [0.2, 0.25) is 0 Å². The van der Waals surface area contributed by atoms with Crippen LogP contribution in [-0.4, -0.2) is 36.0 Å². The molecule has 0 saturated heterocycles. The molecule has 0 unspecified atom stereocenters. The Labute approximate surface area is 184 Å². The zero-order valence-electron chi connectivity index (χ0n) is 17.1. The van der Waals surface area contributed by atoms with Crippen molar-refractivity contribution in [1.29, 1.82) is 0 Å². The molecule has 0 aliphatic carbocycles. The van der Waals surface area contributed by atoms with Crippen LogP contribution in [0, 0.1) is 24.4 Å². The summed E-state index contributed by atoms with van der Waals surface area (Å²) < 4.78 is 43.6. The molecule has 2 aromatic carbocycles. The Morgan fingerprint density at radius 1 is 1.00 bits per heavy atom. The van der Waals surface area contributed by atoms with E-state index in [-0.39, 0.29) is 22.6 Å². The van der Waals surface area contributed by atoms with Crippen LogP contribution in [0.5, 0.6) is 0 Å². The summed E-state index contributed by atoms with van der Waals surface area (Å²) in [5.74, 6) is -2.67. The van der Waals surface area contributed by atoms with Crippen LogP contribution in [0.15, 0.2) is 53.3 Å². The fourth-order valence-electron chi connectivity index (χ4n) is 3.45. The van der Waals surface area contributed by atoms with Crippen molar-refractivity contribution in [3.05, 3.63) is 87.7 Å². The summed E-state index contributed by atoms with van der Waals surface area (Å²) in [4.78, 5) is 21.2. The van der Waals surface area contributed by atoms with Crippen LogP contribution in [0.3, 0.4) is 0 Å². The van der Waals surface area contributed by atoms with Crippen molar-refractivity contribution in [2.45, 2.75) is 19.6 Å². The maximum atomic E-state index is 14.6. The lowest BCUT2D eigenvalue weighted by Crippen LogP contribution is -2.44. The minimum atomic E-state index is -3.25. The van der Waals surface area contributed by atoms with Gasteiger partial charge in [0, 0.05) is 17.0 Å². The zero-order valence-corrected chi connectivity index (χ0v) is 17.1. The maximum absolute atomic E-state index is 14.6. The first-order chi connectivity index (χ1) is 15.5. The Kier molecular flexibility index (Phi) is 5.72. The molecule has 0 fully saturated rings. The van der Waals surface area contributed by atoms with Gasteiger partial charge in [-0.3, -0.25) is 9.36 Å². The monoisotopic (exact) mass is 458 g/mol. The minimum absolute atomic E-state index is 0.154. The van der Waals surface area contributed by atoms with Gasteiger partial charge in [0.25, 0.3) is 5.56 Å². The van der Waals surface area contributed by atoms with E-state index in [1.54, 1.807) is 6.92 Å². The van der Waals surface area contributed by atoms with Gasteiger partial charge < -0.3 is 15.3 Å². The van der Waals surface area contributed by atoms with Crippen molar-refractivity contribution in [3.63, 3.8) is 0 Å². The summed E-state index contributed by atoms with van der Waals surface area (Å²) in [6.45, 7) is 1.12. The average Bonchev–Trinajstić information content (AvgIpc) is 2.72. The highest BCUT2D eigenvalue weighted by Gasteiger charge is 2.22.